The number of nitro groups is 1. The predicted molar refractivity (Wildman–Crippen MR) is 114 cm³/mol. The lowest BCUT2D eigenvalue weighted by Gasteiger charge is -2.12. The Balaban J connectivity index is 1.75. The molecule has 0 saturated heterocycles. The summed E-state index contributed by atoms with van der Waals surface area (Å²) in [5.41, 5.74) is 9.06. The smallest absolute Gasteiger partial charge is 0.276 e. The molecule has 1 heterocycles. The van der Waals surface area contributed by atoms with Crippen LogP contribution in [0.2, 0.25) is 10.0 Å². The highest BCUT2D eigenvalue weighted by atomic mass is 35.5. The van der Waals surface area contributed by atoms with Crippen molar-refractivity contribution in [2.75, 3.05) is 10.9 Å². The molecule has 4 N–H and O–H groups in total. The van der Waals surface area contributed by atoms with Crippen LogP contribution in [0.25, 0.3) is 0 Å². The average molecular weight is 462 g/mol. The van der Waals surface area contributed by atoms with Gasteiger partial charge in [0.15, 0.2) is 0 Å². The molecule has 3 rings (SSSR count). The van der Waals surface area contributed by atoms with E-state index in [2.05, 4.69) is 31.7 Å². The maximum atomic E-state index is 12.2. The maximum Gasteiger partial charge on any atom is 0.356 e. The molecule has 0 atom stereocenters. The summed E-state index contributed by atoms with van der Waals surface area (Å²) in [6.45, 7) is 0. The van der Waals surface area contributed by atoms with Crippen LogP contribution in [0.15, 0.2) is 54.9 Å². The van der Waals surface area contributed by atoms with Gasteiger partial charge in [-0.25, -0.2) is 9.97 Å². The van der Waals surface area contributed by atoms with E-state index < -0.39 is 22.4 Å². The monoisotopic (exact) mass is 461 g/mol. The molecule has 0 aliphatic heterocycles. The predicted octanol–water partition coefficient (Wildman–Crippen LogP) is 3.21. The Kier molecular flexibility index (Phi) is 6.80. The van der Waals surface area contributed by atoms with Crippen molar-refractivity contribution in [3.63, 3.8) is 0 Å². The third-order valence-corrected chi connectivity index (χ3v) is 4.36. The number of anilines is 2. The third kappa shape index (κ3) is 5.35. The highest BCUT2D eigenvalue weighted by molar-refractivity contribution is 6.33. The molecular weight excluding hydrogens is 449 g/mol. The van der Waals surface area contributed by atoms with Gasteiger partial charge < -0.3 is 0 Å². The van der Waals surface area contributed by atoms with E-state index in [1.807, 2.05) is 0 Å². The number of rotatable bonds is 7. The number of carbonyl (C=O) groups excluding carboxylic acids is 2. The second-order valence-corrected chi connectivity index (χ2v) is 6.67. The van der Waals surface area contributed by atoms with Crippen molar-refractivity contribution in [2.45, 2.75) is 0 Å². The molecule has 1 aromatic heterocycles. The Bertz CT molecular complexity index is 1160. The fourth-order valence-electron chi connectivity index (χ4n) is 2.38. The molecule has 0 bridgehead atoms. The van der Waals surface area contributed by atoms with Gasteiger partial charge in [-0.15, -0.1) is 0 Å². The molecule has 11 nitrogen and oxygen atoms in total. The van der Waals surface area contributed by atoms with Gasteiger partial charge in [-0.05, 0) is 30.3 Å². The summed E-state index contributed by atoms with van der Waals surface area (Å²) in [5, 5.41) is 12.1. The van der Waals surface area contributed by atoms with E-state index in [4.69, 9.17) is 23.2 Å². The molecule has 2 amide bonds. The first-order valence-electron chi connectivity index (χ1n) is 8.49. The number of halogens is 2. The van der Waals surface area contributed by atoms with Gasteiger partial charge in [0.1, 0.15) is 6.33 Å². The number of carbonyl (C=O) groups is 2. The topological polar surface area (TPSA) is 151 Å². The van der Waals surface area contributed by atoms with E-state index in [1.165, 1.54) is 24.3 Å². The van der Waals surface area contributed by atoms with Crippen molar-refractivity contribution in [2.24, 2.45) is 0 Å². The Labute approximate surface area is 184 Å². The molecule has 0 fully saturated rings. The average Bonchev–Trinajstić information content (AvgIpc) is 2.75. The SMILES string of the molecule is O=C(NNc1ncnc(NNC(=O)c2ccccc2Cl)c1[N+](=O)[O-])c1cccc(Cl)c1. The molecule has 0 radical (unpaired) electrons. The molecule has 0 unspecified atom stereocenters. The quantitative estimate of drug-likeness (QED) is 0.309. The number of hydrazine groups is 2. The lowest BCUT2D eigenvalue weighted by Crippen LogP contribution is -2.32. The van der Waals surface area contributed by atoms with Crippen LogP contribution in [-0.2, 0) is 0 Å². The van der Waals surface area contributed by atoms with Gasteiger partial charge in [-0.1, -0.05) is 41.4 Å². The van der Waals surface area contributed by atoms with Crippen LogP contribution in [0.1, 0.15) is 20.7 Å². The number of aromatic nitrogens is 2. The van der Waals surface area contributed by atoms with Gasteiger partial charge in [0.2, 0.25) is 11.6 Å². The van der Waals surface area contributed by atoms with Crippen LogP contribution in [0.3, 0.4) is 0 Å². The van der Waals surface area contributed by atoms with E-state index >= 15 is 0 Å². The van der Waals surface area contributed by atoms with Crippen LogP contribution in [0.4, 0.5) is 17.3 Å². The van der Waals surface area contributed by atoms with Gasteiger partial charge >= 0.3 is 5.69 Å². The van der Waals surface area contributed by atoms with Crippen molar-refractivity contribution >= 4 is 52.3 Å². The third-order valence-electron chi connectivity index (χ3n) is 3.80. The maximum absolute atomic E-state index is 12.2. The first-order chi connectivity index (χ1) is 14.9. The van der Waals surface area contributed by atoms with E-state index in [0.717, 1.165) is 6.33 Å². The minimum atomic E-state index is -0.780. The van der Waals surface area contributed by atoms with Gasteiger partial charge in [0.05, 0.1) is 15.5 Å². The second-order valence-electron chi connectivity index (χ2n) is 5.83. The number of amides is 2. The molecule has 3 aromatic rings. The van der Waals surface area contributed by atoms with Crippen molar-refractivity contribution in [3.05, 3.63) is 86.1 Å². The normalized spacial score (nSPS) is 10.1. The fraction of sp³-hybridized carbons (Fsp3) is 0. The number of hydrogen-bond donors (Lipinski definition) is 4. The zero-order chi connectivity index (χ0) is 22.4. The zero-order valence-corrected chi connectivity index (χ0v) is 16.9. The van der Waals surface area contributed by atoms with Crippen molar-refractivity contribution in [1.29, 1.82) is 0 Å². The standard InChI is InChI=1S/C18H13Cl2N7O4/c19-11-5-3-4-10(8-11)17(28)25-23-15-14(27(30)31)16(22-9-21-15)24-26-18(29)12-6-1-2-7-13(12)20/h1-9H,(H,25,28)(H,26,29)(H2,21,22,23,24). The minimum absolute atomic E-state index is 0.153. The number of benzene rings is 2. The van der Waals surface area contributed by atoms with Gasteiger partial charge in [-0.2, -0.15) is 0 Å². The number of nitrogens with one attached hydrogen (secondary N) is 4. The van der Waals surface area contributed by atoms with E-state index in [1.54, 1.807) is 24.3 Å². The van der Waals surface area contributed by atoms with Crippen LogP contribution in [-0.4, -0.2) is 26.7 Å². The van der Waals surface area contributed by atoms with Gasteiger partial charge in [0, 0.05) is 10.6 Å². The Morgan fingerprint density at radius 3 is 2.16 bits per heavy atom. The summed E-state index contributed by atoms with van der Waals surface area (Å²) in [4.78, 5) is 42.8. The van der Waals surface area contributed by atoms with E-state index in [0.29, 0.717) is 5.02 Å². The molecule has 158 valence electrons. The number of nitrogens with zero attached hydrogens (tertiary/aromatic N) is 3. The number of hydrogen-bond acceptors (Lipinski definition) is 8. The summed E-state index contributed by atoms with van der Waals surface area (Å²) in [7, 11) is 0. The summed E-state index contributed by atoms with van der Waals surface area (Å²) < 4.78 is 0. The van der Waals surface area contributed by atoms with Crippen LogP contribution in [0.5, 0.6) is 0 Å². The second kappa shape index (κ2) is 9.69. The van der Waals surface area contributed by atoms with E-state index in [9.17, 15) is 19.7 Å². The Hall–Kier alpha value is -3.96. The first kappa shape index (κ1) is 21.7. The molecule has 31 heavy (non-hydrogen) atoms. The highest BCUT2D eigenvalue weighted by Crippen LogP contribution is 2.28. The largest absolute Gasteiger partial charge is 0.356 e. The fourth-order valence-corrected chi connectivity index (χ4v) is 2.79. The summed E-state index contributed by atoms with van der Waals surface area (Å²) in [5.74, 6) is -1.87. The van der Waals surface area contributed by atoms with Crippen molar-refractivity contribution < 1.29 is 14.5 Å². The van der Waals surface area contributed by atoms with Gasteiger partial charge in [-0.3, -0.25) is 41.4 Å². The molecule has 2 aromatic carbocycles. The lowest BCUT2D eigenvalue weighted by molar-refractivity contribution is -0.383. The van der Waals surface area contributed by atoms with Crippen molar-refractivity contribution in [1.82, 2.24) is 20.8 Å². The zero-order valence-electron chi connectivity index (χ0n) is 15.4. The molecule has 0 spiro atoms. The molecule has 0 aliphatic rings. The highest BCUT2D eigenvalue weighted by Gasteiger charge is 2.24. The van der Waals surface area contributed by atoms with Crippen LogP contribution < -0.4 is 21.7 Å². The molecule has 0 aliphatic carbocycles. The van der Waals surface area contributed by atoms with Crippen LogP contribution in [0, 0.1) is 10.1 Å². The first-order valence-corrected chi connectivity index (χ1v) is 9.24. The van der Waals surface area contributed by atoms with E-state index in [-0.39, 0.29) is 27.8 Å². The van der Waals surface area contributed by atoms with Crippen LogP contribution >= 0.6 is 23.2 Å². The molecule has 13 heteroatoms. The molecular formula is C18H13Cl2N7O4. The summed E-state index contributed by atoms with van der Waals surface area (Å²) in [6.07, 6.45) is 1.00. The minimum Gasteiger partial charge on any atom is -0.276 e. The Morgan fingerprint density at radius 2 is 1.55 bits per heavy atom. The summed E-state index contributed by atoms with van der Waals surface area (Å²) >= 11 is 11.8. The Morgan fingerprint density at radius 1 is 0.903 bits per heavy atom. The summed E-state index contributed by atoms with van der Waals surface area (Å²) in [6, 6.07) is 12.4. The van der Waals surface area contributed by atoms with Gasteiger partial charge in [0.25, 0.3) is 11.8 Å². The lowest BCUT2D eigenvalue weighted by atomic mass is 10.2. The van der Waals surface area contributed by atoms with Crippen molar-refractivity contribution in [3.8, 4) is 0 Å². The molecule has 0 saturated carbocycles.